The molecule has 0 radical (unpaired) electrons. The summed E-state index contributed by atoms with van der Waals surface area (Å²) in [5.41, 5.74) is 7.24. The summed E-state index contributed by atoms with van der Waals surface area (Å²) in [5.74, 6) is 0.603. The van der Waals surface area contributed by atoms with E-state index in [0.29, 0.717) is 5.82 Å². The highest BCUT2D eigenvalue weighted by Gasteiger charge is 2.21. The fourth-order valence-corrected chi connectivity index (χ4v) is 1.84. The van der Waals surface area contributed by atoms with E-state index < -0.39 is 12.1 Å². The summed E-state index contributed by atoms with van der Waals surface area (Å²) in [7, 11) is 0. The Morgan fingerprint density at radius 1 is 1.32 bits per heavy atom. The molecule has 19 heavy (non-hydrogen) atoms. The summed E-state index contributed by atoms with van der Waals surface area (Å²) in [5, 5.41) is 14.2. The van der Waals surface area contributed by atoms with Crippen molar-refractivity contribution in [2.45, 2.75) is 19.1 Å². The summed E-state index contributed by atoms with van der Waals surface area (Å²) in [6.07, 6.45) is 0.821. The summed E-state index contributed by atoms with van der Waals surface area (Å²) < 4.78 is 10.5. The number of hydrogen-bond donors (Lipinski definition) is 2. The van der Waals surface area contributed by atoms with Crippen molar-refractivity contribution in [1.29, 1.82) is 0 Å². The van der Waals surface area contributed by atoms with E-state index in [4.69, 9.17) is 14.7 Å². The maximum atomic E-state index is 9.41. The van der Waals surface area contributed by atoms with Crippen LogP contribution in [-0.2, 0) is 0 Å². The van der Waals surface area contributed by atoms with E-state index in [1.807, 2.05) is 24.3 Å². The molecule has 1 aromatic carbocycles. The first-order valence-electron chi connectivity index (χ1n) is 5.90. The highest BCUT2D eigenvalue weighted by molar-refractivity contribution is 5.91. The van der Waals surface area contributed by atoms with Crippen molar-refractivity contribution in [3.8, 4) is 11.4 Å². The van der Waals surface area contributed by atoms with Crippen LogP contribution in [0.1, 0.15) is 18.9 Å². The highest BCUT2D eigenvalue weighted by Crippen LogP contribution is 2.29. The second kappa shape index (κ2) is 4.49. The molecule has 3 aromatic rings. The Morgan fingerprint density at radius 2 is 2.11 bits per heavy atom. The molecule has 98 valence electrons. The Balaban J connectivity index is 2.03. The third-order valence-corrected chi connectivity index (χ3v) is 2.97. The van der Waals surface area contributed by atoms with Crippen molar-refractivity contribution >= 4 is 11.0 Å². The van der Waals surface area contributed by atoms with Crippen molar-refractivity contribution in [2.75, 3.05) is 0 Å². The van der Waals surface area contributed by atoms with Gasteiger partial charge < -0.3 is 19.8 Å². The summed E-state index contributed by atoms with van der Waals surface area (Å²) in [6, 6.07) is 6.88. The summed E-state index contributed by atoms with van der Waals surface area (Å²) >= 11 is 0. The molecule has 0 aliphatic heterocycles. The van der Waals surface area contributed by atoms with Gasteiger partial charge in [0, 0.05) is 5.39 Å². The van der Waals surface area contributed by atoms with Crippen LogP contribution in [0.5, 0.6) is 0 Å². The van der Waals surface area contributed by atoms with E-state index in [2.05, 4.69) is 10.1 Å². The molecule has 0 aliphatic rings. The Morgan fingerprint density at radius 3 is 2.89 bits per heavy atom. The Labute approximate surface area is 108 Å². The van der Waals surface area contributed by atoms with Gasteiger partial charge in [-0.25, -0.2) is 0 Å². The molecule has 2 aromatic heterocycles. The Bertz CT molecular complexity index is 702. The van der Waals surface area contributed by atoms with Gasteiger partial charge in [0.05, 0.1) is 11.7 Å². The van der Waals surface area contributed by atoms with E-state index in [9.17, 15) is 5.11 Å². The van der Waals surface area contributed by atoms with Gasteiger partial charge in [-0.05, 0) is 13.0 Å². The van der Waals surface area contributed by atoms with Crippen molar-refractivity contribution in [3.05, 3.63) is 36.4 Å². The Hall–Kier alpha value is -2.18. The van der Waals surface area contributed by atoms with E-state index in [1.165, 1.54) is 0 Å². The molecule has 0 amide bonds. The summed E-state index contributed by atoms with van der Waals surface area (Å²) in [4.78, 5) is 4.20. The molecule has 0 saturated carbocycles. The van der Waals surface area contributed by atoms with Crippen LogP contribution < -0.4 is 5.73 Å². The van der Waals surface area contributed by atoms with Crippen LogP contribution in [-0.4, -0.2) is 21.4 Å². The predicted octanol–water partition coefficient (Wildman–Crippen LogP) is 1.86. The van der Waals surface area contributed by atoms with Crippen LogP contribution in [0.2, 0.25) is 0 Å². The lowest BCUT2D eigenvalue weighted by Crippen LogP contribution is -2.23. The van der Waals surface area contributed by atoms with Crippen LogP contribution in [0.15, 0.2) is 39.5 Å². The minimum absolute atomic E-state index is 0.204. The van der Waals surface area contributed by atoms with E-state index >= 15 is 0 Å². The van der Waals surface area contributed by atoms with Crippen LogP contribution in [0.4, 0.5) is 0 Å². The number of benzene rings is 1. The summed E-state index contributed by atoms with van der Waals surface area (Å²) in [6.45, 7) is 1.57. The molecular weight excluding hydrogens is 246 g/mol. The second-order valence-corrected chi connectivity index (χ2v) is 4.37. The maximum absolute atomic E-state index is 9.41. The molecule has 0 bridgehead atoms. The Kier molecular flexibility index (Phi) is 2.81. The standard InChI is InChI=1S/C13H13N3O3/c1-7(17)11(14)13-15-12(16-19-13)9-6-18-10-5-3-2-4-8(9)10/h2-7,11,17H,14H2,1H3/t7-,11+/m1/s1. The van der Waals surface area contributed by atoms with Crippen LogP contribution >= 0.6 is 0 Å². The zero-order chi connectivity index (χ0) is 13.4. The number of fused-ring (bicyclic) bond motifs is 1. The van der Waals surface area contributed by atoms with Gasteiger partial charge in [0.2, 0.25) is 11.7 Å². The minimum Gasteiger partial charge on any atom is -0.464 e. The average molecular weight is 259 g/mol. The molecule has 0 spiro atoms. The molecule has 6 nitrogen and oxygen atoms in total. The highest BCUT2D eigenvalue weighted by atomic mass is 16.5. The third kappa shape index (κ3) is 2.00. The largest absolute Gasteiger partial charge is 0.464 e. The number of rotatable bonds is 3. The second-order valence-electron chi connectivity index (χ2n) is 4.37. The number of aliphatic hydroxyl groups is 1. The first-order chi connectivity index (χ1) is 9.16. The first-order valence-corrected chi connectivity index (χ1v) is 5.90. The lowest BCUT2D eigenvalue weighted by molar-refractivity contribution is 0.146. The first kappa shape index (κ1) is 11.9. The average Bonchev–Trinajstić information content (AvgIpc) is 3.03. The number of hydrogen-bond acceptors (Lipinski definition) is 6. The van der Waals surface area contributed by atoms with E-state index in [0.717, 1.165) is 16.5 Å². The molecule has 0 saturated heterocycles. The van der Waals surface area contributed by atoms with Gasteiger partial charge in [0.1, 0.15) is 17.9 Å². The molecule has 3 rings (SSSR count). The molecule has 0 aliphatic carbocycles. The van der Waals surface area contributed by atoms with E-state index in [-0.39, 0.29) is 5.89 Å². The fraction of sp³-hybridized carbons (Fsp3) is 0.231. The molecule has 0 fully saturated rings. The smallest absolute Gasteiger partial charge is 0.246 e. The zero-order valence-electron chi connectivity index (χ0n) is 10.3. The van der Waals surface area contributed by atoms with Crippen molar-refractivity contribution in [1.82, 2.24) is 10.1 Å². The number of para-hydroxylation sites is 1. The topological polar surface area (TPSA) is 98.3 Å². The predicted molar refractivity (Wildman–Crippen MR) is 68.1 cm³/mol. The number of aromatic nitrogens is 2. The SMILES string of the molecule is C[C@@H](O)[C@H](N)c1nc(-c2coc3ccccc23)no1. The van der Waals surface area contributed by atoms with Crippen molar-refractivity contribution in [3.63, 3.8) is 0 Å². The van der Waals surface area contributed by atoms with Crippen LogP contribution in [0.3, 0.4) is 0 Å². The van der Waals surface area contributed by atoms with Gasteiger partial charge >= 0.3 is 0 Å². The lowest BCUT2D eigenvalue weighted by atomic mass is 10.1. The number of nitrogens with two attached hydrogens (primary N) is 1. The number of nitrogens with zero attached hydrogens (tertiary/aromatic N) is 2. The quantitative estimate of drug-likeness (QED) is 0.745. The van der Waals surface area contributed by atoms with E-state index in [1.54, 1.807) is 13.2 Å². The van der Waals surface area contributed by atoms with Gasteiger partial charge in [0.15, 0.2) is 0 Å². The molecule has 6 heteroatoms. The van der Waals surface area contributed by atoms with Gasteiger partial charge in [-0.3, -0.25) is 0 Å². The molecule has 0 unspecified atom stereocenters. The lowest BCUT2D eigenvalue weighted by Gasteiger charge is -2.08. The van der Waals surface area contributed by atoms with Crippen LogP contribution in [0, 0.1) is 0 Å². The normalized spacial score (nSPS) is 14.7. The van der Waals surface area contributed by atoms with Crippen molar-refractivity contribution < 1.29 is 14.0 Å². The fourth-order valence-electron chi connectivity index (χ4n) is 1.84. The third-order valence-electron chi connectivity index (χ3n) is 2.97. The molecular formula is C13H13N3O3. The minimum atomic E-state index is -0.755. The van der Waals surface area contributed by atoms with Gasteiger partial charge in [-0.2, -0.15) is 4.98 Å². The van der Waals surface area contributed by atoms with Crippen LogP contribution in [0.25, 0.3) is 22.4 Å². The van der Waals surface area contributed by atoms with Gasteiger partial charge in [-0.15, -0.1) is 0 Å². The maximum Gasteiger partial charge on any atom is 0.246 e. The zero-order valence-corrected chi connectivity index (χ0v) is 10.3. The van der Waals surface area contributed by atoms with Crippen molar-refractivity contribution in [2.24, 2.45) is 5.73 Å². The van der Waals surface area contributed by atoms with Gasteiger partial charge in [0.25, 0.3) is 0 Å². The molecule has 2 heterocycles. The molecule has 2 atom stereocenters. The van der Waals surface area contributed by atoms with Gasteiger partial charge in [-0.1, -0.05) is 23.4 Å². The molecule has 3 N–H and O–H groups in total. The number of aliphatic hydroxyl groups excluding tert-OH is 1. The monoisotopic (exact) mass is 259 g/mol. The number of furan rings is 1.